The molecule has 0 radical (unpaired) electrons. The summed E-state index contributed by atoms with van der Waals surface area (Å²) in [6.45, 7) is 9.67. The molecule has 2 fully saturated rings. The molecular weight excluding hydrogens is 330 g/mol. The average molecular weight is 367 g/mol. The lowest BCUT2D eigenvalue weighted by atomic mass is 10.0. The molecule has 6 heteroatoms. The minimum Gasteiger partial charge on any atom is -0.497 e. The molecule has 26 heavy (non-hydrogen) atoms. The van der Waals surface area contributed by atoms with Crippen LogP contribution in [0.2, 0.25) is 0 Å². The van der Waals surface area contributed by atoms with Crippen LogP contribution >= 0.6 is 0 Å². The van der Waals surface area contributed by atoms with E-state index >= 15 is 0 Å². The fraction of sp³-hybridized carbons (Fsp3) is 0.700. The van der Waals surface area contributed by atoms with Crippen LogP contribution in [0.1, 0.15) is 18.4 Å². The summed E-state index contributed by atoms with van der Waals surface area (Å²) in [5, 5.41) is 9.11. The zero-order valence-corrected chi connectivity index (χ0v) is 16.4. The number of quaternary nitrogens is 3. The molecule has 0 aliphatic carbocycles. The topological polar surface area (TPSA) is 52.0 Å². The molecule has 0 atom stereocenters. The minimum absolute atomic E-state index is 0.320. The summed E-state index contributed by atoms with van der Waals surface area (Å²) in [6, 6.07) is 6.91. The fourth-order valence-electron chi connectivity index (χ4n) is 4.64. The summed E-state index contributed by atoms with van der Waals surface area (Å²) in [7, 11) is 3.46. The van der Waals surface area contributed by atoms with Crippen molar-refractivity contribution in [2.45, 2.75) is 25.4 Å². The number of aliphatic hydroxyl groups excluding tert-OH is 1. The molecular formula is C20H36N3O3+3. The second-order valence-corrected chi connectivity index (χ2v) is 7.76. The maximum atomic E-state index is 9.11. The third-order valence-electron chi connectivity index (χ3n) is 6.26. The summed E-state index contributed by atoms with van der Waals surface area (Å²) >= 11 is 0. The third-order valence-corrected chi connectivity index (χ3v) is 6.26. The number of nitrogens with one attached hydrogen (secondary N) is 3. The lowest BCUT2D eigenvalue weighted by molar-refractivity contribution is -1.03. The molecule has 2 aliphatic rings. The molecule has 0 unspecified atom stereocenters. The molecule has 3 rings (SSSR count). The Morgan fingerprint density at radius 2 is 1.69 bits per heavy atom. The Bertz CT molecular complexity index is 553. The number of methoxy groups -OCH3 is 2. The average Bonchev–Trinajstić information content (AvgIpc) is 2.69. The van der Waals surface area contributed by atoms with Crippen molar-refractivity contribution in [3.8, 4) is 11.5 Å². The summed E-state index contributed by atoms with van der Waals surface area (Å²) in [6.07, 6.45) is 2.62. The second-order valence-electron chi connectivity index (χ2n) is 7.76. The van der Waals surface area contributed by atoms with Crippen molar-refractivity contribution >= 4 is 0 Å². The molecule has 0 saturated carbocycles. The molecule has 0 bridgehead atoms. The highest BCUT2D eigenvalue weighted by atomic mass is 16.5. The number of piperidine rings is 1. The molecule has 2 aliphatic heterocycles. The number of hydrogen-bond donors (Lipinski definition) is 4. The van der Waals surface area contributed by atoms with Crippen LogP contribution in [0.5, 0.6) is 11.5 Å². The molecule has 1 aromatic rings. The number of hydrogen-bond acceptors (Lipinski definition) is 3. The van der Waals surface area contributed by atoms with E-state index in [0.29, 0.717) is 6.61 Å². The maximum Gasteiger partial charge on any atom is 0.127 e. The zero-order chi connectivity index (χ0) is 18.4. The monoisotopic (exact) mass is 366 g/mol. The highest BCUT2D eigenvalue weighted by Gasteiger charge is 2.33. The van der Waals surface area contributed by atoms with Crippen molar-refractivity contribution in [3.05, 3.63) is 23.8 Å². The van der Waals surface area contributed by atoms with Crippen LogP contribution < -0.4 is 24.2 Å². The van der Waals surface area contributed by atoms with Gasteiger partial charge in [-0.05, 0) is 18.2 Å². The van der Waals surface area contributed by atoms with E-state index in [-0.39, 0.29) is 0 Å². The van der Waals surface area contributed by atoms with E-state index in [0.717, 1.165) is 30.6 Å². The molecule has 1 aromatic carbocycles. The predicted molar refractivity (Wildman–Crippen MR) is 100 cm³/mol. The summed E-state index contributed by atoms with van der Waals surface area (Å²) in [5.74, 6) is 1.87. The zero-order valence-electron chi connectivity index (χ0n) is 16.4. The molecule has 146 valence electrons. The predicted octanol–water partition coefficient (Wildman–Crippen LogP) is -2.97. The van der Waals surface area contributed by atoms with Crippen molar-refractivity contribution in [3.63, 3.8) is 0 Å². The fourth-order valence-corrected chi connectivity index (χ4v) is 4.64. The van der Waals surface area contributed by atoms with Crippen LogP contribution in [0.25, 0.3) is 0 Å². The molecule has 4 N–H and O–H groups in total. The first-order chi connectivity index (χ1) is 12.7. The van der Waals surface area contributed by atoms with Crippen LogP contribution in [-0.2, 0) is 6.54 Å². The first-order valence-corrected chi connectivity index (χ1v) is 10.1. The van der Waals surface area contributed by atoms with E-state index in [1.54, 1.807) is 28.9 Å². The first kappa shape index (κ1) is 19.4. The Morgan fingerprint density at radius 1 is 0.962 bits per heavy atom. The summed E-state index contributed by atoms with van der Waals surface area (Å²) < 4.78 is 10.9. The number of ether oxygens (including phenoxy) is 2. The first-order valence-electron chi connectivity index (χ1n) is 10.1. The Balaban J connectivity index is 1.49. The highest BCUT2D eigenvalue weighted by Crippen LogP contribution is 2.23. The molecule has 2 saturated heterocycles. The Labute approximate surface area is 157 Å². The number of likely N-dealkylation sites (tertiary alicyclic amines) is 1. The largest absolute Gasteiger partial charge is 0.497 e. The van der Waals surface area contributed by atoms with E-state index in [1.807, 2.05) is 12.1 Å². The quantitative estimate of drug-likeness (QED) is 0.417. The number of aliphatic hydroxyl groups is 1. The van der Waals surface area contributed by atoms with Crippen LogP contribution in [0.15, 0.2) is 18.2 Å². The lowest BCUT2D eigenvalue weighted by Crippen LogP contribution is -3.30. The smallest absolute Gasteiger partial charge is 0.127 e. The van der Waals surface area contributed by atoms with Crippen LogP contribution in [0.4, 0.5) is 0 Å². The van der Waals surface area contributed by atoms with Gasteiger partial charge in [0.2, 0.25) is 0 Å². The van der Waals surface area contributed by atoms with Gasteiger partial charge in [-0.2, -0.15) is 0 Å². The van der Waals surface area contributed by atoms with E-state index in [1.165, 1.54) is 57.7 Å². The second kappa shape index (κ2) is 9.55. The maximum absolute atomic E-state index is 9.11. The summed E-state index contributed by atoms with van der Waals surface area (Å²) in [4.78, 5) is 5.02. The Hall–Kier alpha value is -1.34. The van der Waals surface area contributed by atoms with E-state index < -0.39 is 0 Å². The normalized spacial score (nSPS) is 29.3. The van der Waals surface area contributed by atoms with Gasteiger partial charge in [-0.15, -0.1) is 0 Å². The van der Waals surface area contributed by atoms with E-state index in [2.05, 4.69) is 6.07 Å². The van der Waals surface area contributed by atoms with Crippen molar-refractivity contribution in [2.24, 2.45) is 0 Å². The highest BCUT2D eigenvalue weighted by molar-refractivity contribution is 5.39. The van der Waals surface area contributed by atoms with Crippen molar-refractivity contribution in [1.29, 1.82) is 0 Å². The van der Waals surface area contributed by atoms with Crippen molar-refractivity contribution in [1.82, 2.24) is 0 Å². The van der Waals surface area contributed by atoms with Gasteiger partial charge >= 0.3 is 0 Å². The van der Waals surface area contributed by atoms with Gasteiger partial charge in [0, 0.05) is 12.8 Å². The number of piperazine rings is 1. The number of rotatable bonds is 7. The third kappa shape index (κ3) is 4.88. The van der Waals surface area contributed by atoms with Gasteiger partial charge in [0.1, 0.15) is 50.8 Å². The molecule has 0 aromatic heterocycles. The molecule has 6 nitrogen and oxygen atoms in total. The van der Waals surface area contributed by atoms with Crippen LogP contribution in [0, 0.1) is 0 Å². The standard InChI is InChI=1S/C20H33N3O3/c1-25-19-3-4-20(26-2)17(15-19)16-22-7-5-18(6-8-22)23-11-9-21(10-12-23)13-14-24/h3-4,15,18,24H,5-14,16H2,1-2H3/p+3. The van der Waals surface area contributed by atoms with Gasteiger partial charge in [-0.25, -0.2) is 0 Å². The summed E-state index contributed by atoms with van der Waals surface area (Å²) in [5.41, 5.74) is 1.24. The van der Waals surface area contributed by atoms with Gasteiger partial charge < -0.3 is 29.3 Å². The van der Waals surface area contributed by atoms with Crippen molar-refractivity contribution < 1.29 is 29.3 Å². The van der Waals surface area contributed by atoms with Crippen LogP contribution in [0.3, 0.4) is 0 Å². The SMILES string of the molecule is COc1ccc(OC)c(C[NH+]2CCC([NH+]3CC[NH+](CCO)CC3)CC2)c1. The minimum atomic E-state index is 0.320. The van der Waals surface area contributed by atoms with E-state index in [9.17, 15) is 0 Å². The van der Waals surface area contributed by atoms with Gasteiger partial charge in [0.25, 0.3) is 0 Å². The van der Waals surface area contributed by atoms with Gasteiger partial charge in [0.05, 0.1) is 45.5 Å². The van der Waals surface area contributed by atoms with Gasteiger partial charge in [-0.1, -0.05) is 0 Å². The van der Waals surface area contributed by atoms with Crippen molar-refractivity contribution in [2.75, 3.05) is 66.6 Å². The molecule has 0 amide bonds. The van der Waals surface area contributed by atoms with E-state index in [4.69, 9.17) is 14.6 Å². The Kier molecular flexibility index (Phi) is 7.14. The number of benzene rings is 1. The molecule has 0 spiro atoms. The molecule has 2 heterocycles. The van der Waals surface area contributed by atoms with Crippen LogP contribution in [-0.4, -0.2) is 77.8 Å². The van der Waals surface area contributed by atoms with Gasteiger partial charge in [-0.3, -0.25) is 0 Å². The van der Waals surface area contributed by atoms with Gasteiger partial charge in [0.15, 0.2) is 0 Å². The Morgan fingerprint density at radius 3 is 2.31 bits per heavy atom. The lowest BCUT2D eigenvalue weighted by Gasteiger charge is -2.37.